The molecule has 1 aliphatic carbocycles. The Hall–Kier alpha value is -1.89. The Morgan fingerprint density at radius 1 is 1.10 bits per heavy atom. The van der Waals surface area contributed by atoms with E-state index in [1.54, 1.807) is 7.11 Å². The van der Waals surface area contributed by atoms with Crippen LogP contribution in [0, 0.1) is 0 Å². The number of hydrogen-bond donors (Lipinski definition) is 1. The molecule has 2 aliphatic rings. The van der Waals surface area contributed by atoms with Crippen molar-refractivity contribution < 1.29 is 14.3 Å². The van der Waals surface area contributed by atoms with Crippen LogP contribution in [0.2, 0.25) is 0 Å². The summed E-state index contributed by atoms with van der Waals surface area (Å²) in [5, 5.41) is 3.34. The number of rotatable bonds is 7. The molecule has 31 heavy (non-hydrogen) atoms. The number of hydrogen-bond acceptors (Lipinski definition) is 4. The second kappa shape index (κ2) is 10.2. The van der Waals surface area contributed by atoms with Gasteiger partial charge in [0.25, 0.3) is 0 Å². The number of methoxy groups -OCH3 is 1. The highest BCUT2D eigenvalue weighted by Gasteiger charge is 2.42. The van der Waals surface area contributed by atoms with Gasteiger partial charge in [0.2, 0.25) is 5.91 Å². The van der Waals surface area contributed by atoms with Gasteiger partial charge in [-0.2, -0.15) is 0 Å². The first-order chi connectivity index (χ1) is 15.1. The quantitative estimate of drug-likeness (QED) is 0.627. The molecule has 0 spiro atoms. The van der Waals surface area contributed by atoms with Gasteiger partial charge >= 0.3 is 0 Å². The zero-order valence-electron chi connectivity index (χ0n) is 18.1. The molecule has 2 aromatic carbocycles. The van der Waals surface area contributed by atoms with Gasteiger partial charge in [-0.3, -0.25) is 9.69 Å². The second-order valence-corrected chi connectivity index (χ2v) is 9.36. The Morgan fingerprint density at radius 3 is 2.35 bits per heavy atom. The van der Waals surface area contributed by atoms with Crippen LogP contribution in [0.1, 0.15) is 42.9 Å². The fourth-order valence-corrected chi connectivity index (χ4v) is 5.19. The van der Waals surface area contributed by atoms with Crippen molar-refractivity contribution in [2.45, 2.75) is 37.1 Å². The number of carbonyl (C=O) groups excluding carboxylic acids is 1. The Labute approximate surface area is 193 Å². The molecule has 1 amide bonds. The van der Waals surface area contributed by atoms with E-state index < -0.39 is 5.41 Å². The summed E-state index contributed by atoms with van der Waals surface area (Å²) in [6.07, 6.45) is 4.00. The maximum atomic E-state index is 13.6. The zero-order valence-corrected chi connectivity index (χ0v) is 19.7. The zero-order chi connectivity index (χ0) is 21.7. The first kappa shape index (κ1) is 22.3. The van der Waals surface area contributed by atoms with E-state index in [-0.39, 0.29) is 11.9 Å². The molecule has 0 bridgehead atoms. The number of benzene rings is 2. The molecule has 1 saturated carbocycles. The first-order valence-electron chi connectivity index (χ1n) is 11.1. The van der Waals surface area contributed by atoms with E-state index in [2.05, 4.69) is 50.4 Å². The minimum atomic E-state index is -0.420. The van der Waals surface area contributed by atoms with E-state index in [1.165, 1.54) is 5.56 Å². The van der Waals surface area contributed by atoms with Gasteiger partial charge in [-0.1, -0.05) is 53.0 Å². The van der Waals surface area contributed by atoms with Crippen molar-refractivity contribution in [2.24, 2.45) is 0 Å². The predicted molar refractivity (Wildman–Crippen MR) is 125 cm³/mol. The fraction of sp³-hybridized carbons (Fsp3) is 0.480. The highest BCUT2D eigenvalue weighted by Crippen LogP contribution is 2.42. The topological polar surface area (TPSA) is 50.8 Å². The van der Waals surface area contributed by atoms with E-state index in [1.807, 2.05) is 24.3 Å². The standard InChI is InChI=1S/C25H31BrN2O3/c1-30-22-10-4-19(5-11-22)23(28-14-16-31-17-15-28)18-27-24(29)25(12-2-3-13-25)20-6-8-21(26)9-7-20/h4-11,23H,2-3,12-18H2,1H3,(H,27,29). The molecule has 1 heterocycles. The first-order valence-corrected chi connectivity index (χ1v) is 11.9. The third kappa shape index (κ3) is 4.97. The van der Waals surface area contributed by atoms with Gasteiger partial charge in [0.05, 0.1) is 31.8 Å². The van der Waals surface area contributed by atoms with Gasteiger partial charge in [-0.05, 0) is 48.2 Å². The number of ether oxygens (including phenoxy) is 2. The van der Waals surface area contributed by atoms with Crippen LogP contribution in [0.25, 0.3) is 0 Å². The lowest BCUT2D eigenvalue weighted by Crippen LogP contribution is -2.48. The monoisotopic (exact) mass is 486 g/mol. The summed E-state index contributed by atoms with van der Waals surface area (Å²) in [6, 6.07) is 16.6. The Balaban J connectivity index is 1.53. The smallest absolute Gasteiger partial charge is 0.230 e. The molecule has 1 N–H and O–H groups in total. The van der Waals surface area contributed by atoms with E-state index in [9.17, 15) is 4.79 Å². The molecule has 4 rings (SSSR count). The van der Waals surface area contributed by atoms with E-state index in [0.29, 0.717) is 6.54 Å². The number of carbonyl (C=O) groups is 1. The van der Waals surface area contributed by atoms with Crippen molar-refractivity contribution in [3.05, 3.63) is 64.1 Å². The van der Waals surface area contributed by atoms with Crippen molar-refractivity contribution in [3.8, 4) is 5.75 Å². The Morgan fingerprint density at radius 2 is 1.74 bits per heavy atom. The average molecular weight is 487 g/mol. The maximum absolute atomic E-state index is 13.6. The van der Waals surface area contributed by atoms with Crippen molar-refractivity contribution in [1.29, 1.82) is 0 Å². The van der Waals surface area contributed by atoms with E-state index >= 15 is 0 Å². The second-order valence-electron chi connectivity index (χ2n) is 8.44. The molecule has 6 heteroatoms. The van der Waals surface area contributed by atoms with Gasteiger partial charge < -0.3 is 14.8 Å². The van der Waals surface area contributed by atoms with E-state index in [4.69, 9.17) is 9.47 Å². The van der Waals surface area contributed by atoms with Crippen molar-refractivity contribution >= 4 is 21.8 Å². The summed E-state index contributed by atoms with van der Waals surface area (Å²) in [6.45, 7) is 3.77. The minimum Gasteiger partial charge on any atom is -0.497 e. The molecule has 1 unspecified atom stereocenters. The van der Waals surface area contributed by atoms with Gasteiger partial charge in [0.15, 0.2) is 0 Å². The van der Waals surface area contributed by atoms with Crippen LogP contribution in [-0.2, 0) is 14.9 Å². The molecule has 2 fully saturated rings. The number of nitrogens with one attached hydrogen (secondary N) is 1. The summed E-state index contributed by atoms with van der Waals surface area (Å²) < 4.78 is 11.9. The van der Waals surface area contributed by atoms with Crippen molar-refractivity contribution in [3.63, 3.8) is 0 Å². The van der Waals surface area contributed by atoms with Crippen molar-refractivity contribution in [2.75, 3.05) is 40.0 Å². The third-order valence-corrected chi connectivity index (χ3v) is 7.26. The number of morpholine rings is 1. The predicted octanol–water partition coefficient (Wildman–Crippen LogP) is 4.46. The molecule has 166 valence electrons. The van der Waals surface area contributed by atoms with Gasteiger partial charge in [0, 0.05) is 24.1 Å². The molecule has 0 radical (unpaired) electrons. The van der Waals surface area contributed by atoms with Crippen LogP contribution >= 0.6 is 15.9 Å². The minimum absolute atomic E-state index is 0.113. The van der Waals surface area contributed by atoms with Crippen LogP contribution in [0.5, 0.6) is 5.75 Å². The molecule has 2 aromatic rings. The Bertz CT molecular complexity index is 857. The lowest BCUT2D eigenvalue weighted by atomic mass is 9.78. The lowest BCUT2D eigenvalue weighted by Gasteiger charge is -2.36. The van der Waals surface area contributed by atoms with Crippen molar-refractivity contribution in [1.82, 2.24) is 10.2 Å². The largest absolute Gasteiger partial charge is 0.497 e. The van der Waals surface area contributed by atoms with E-state index in [0.717, 1.165) is 67.8 Å². The SMILES string of the molecule is COc1ccc(C(CNC(=O)C2(c3ccc(Br)cc3)CCCC2)N2CCOCC2)cc1. The van der Waals surface area contributed by atoms with Crippen LogP contribution in [0.15, 0.2) is 53.0 Å². The van der Waals surface area contributed by atoms with Crippen LogP contribution in [0.4, 0.5) is 0 Å². The normalized spacial score (nSPS) is 19.7. The van der Waals surface area contributed by atoms with Gasteiger partial charge in [-0.15, -0.1) is 0 Å². The highest BCUT2D eigenvalue weighted by molar-refractivity contribution is 9.10. The number of halogens is 1. The van der Waals surface area contributed by atoms with Crippen LogP contribution in [-0.4, -0.2) is 50.8 Å². The number of amides is 1. The third-order valence-electron chi connectivity index (χ3n) is 6.73. The fourth-order valence-electron chi connectivity index (χ4n) is 4.93. The molecule has 1 saturated heterocycles. The molecule has 1 atom stereocenters. The summed E-state index contributed by atoms with van der Waals surface area (Å²) >= 11 is 3.51. The molecular weight excluding hydrogens is 456 g/mol. The molecule has 5 nitrogen and oxygen atoms in total. The summed E-state index contributed by atoms with van der Waals surface area (Å²) in [7, 11) is 1.68. The van der Waals surface area contributed by atoms with Crippen LogP contribution < -0.4 is 10.1 Å². The molecule has 0 aromatic heterocycles. The summed E-state index contributed by atoms with van der Waals surface area (Å²) in [4.78, 5) is 16.0. The van der Waals surface area contributed by atoms with Crippen LogP contribution in [0.3, 0.4) is 0 Å². The molecular formula is C25H31BrN2O3. The lowest BCUT2D eigenvalue weighted by molar-refractivity contribution is -0.127. The maximum Gasteiger partial charge on any atom is 0.230 e. The summed E-state index contributed by atoms with van der Waals surface area (Å²) in [5.41, 5.74) is 1.89. The van der Waals surface area contributed by atoms with Gasteiger partial charge in [-0.25, -0.2) is 0 Å². The number of nitrogens with zero attached hydrogens (tertiary/aromatic N) is 1. The highest BCUT2D eigenvalue weighted by atomic mass is 79.9. The summed E-state index contributed by atoms with van der Waals surface area (Å²) in [5.74, 6) is 0.993. The van der Waals surface area contributed by atoms with Gasteiger partial charge in [0.1, 0.15) is 5.75 Å². The Kier molecular flexibility index (Phi) is 7.31. The molecule has 1 aliphatic heterocycles. The average Bonchev–Trinajstić information content (AvgIpc) is 3.32.